The van der Waals surface area contributed by atoms with Crippen molar-refractivity contribution in [1.29, 1.82) is 0 Å². The monoisotopic (exact) mass is 263 g/mol. The average Bonchev–Trinajstić information content (AvgIpc) is 2.37. The molecule has 1 fully saturated rings. The minimum Gasteiger partial charge on any atom is -0.395 e. The van der Waals surface area contributed by atoms with E-state index in [9.17, 15) is 5.11 Å². The molecule has 1 aliphatic rings. The first-order valence-corrected chi connectivity index (χ1v) is 7.30. The Labute approximate surface area is 115 Å². The normalized spacial score (nSPS) is 19.2. The van der Waals surface area contributed by atoms with Gasteiger partial charge in [0.15, 0.2) is 0 Å². The van der Waals surface area contributed by atoms with E-state index < -0.39 is 6.10 Å². The highest BCUT2D eigenvalue weighted by Gasteiger charge is 2.27. The molecule has 2 rings (SSSR count). The van der Waals surface area contributed by atoms with Gasteiger partial charge in [0.05, 0.1) is 12.7 Å². The third-order valence-electron chi connectivity index (χ3n) is 4.18. The van der Waals surface area contributed by atoms with Crippen LogP contribution >= 0.6 is 0 Å². The van der Waals surface area contributed by atoms with Crippen molar-refractivity contribution in [2.75, 3.05) is 19.7 Å². The highest BCUT2D eigenvalue weighted by Crippen LogP contribution is 2.28. The number of benzene rings is 1. The Morgan fingerprint density at radius 2 is 1.95 bits per heavy atom. The van der Waals surface area contributed by atoms with Gasteiger partial charge in [-0.15, -0.1) is 0 Å². The highest BCUT2D eigenvalue weighted by atomic mass is 16.3. The molecule has 1 saturated carbocycles. The molecule has 3 heteroatoms. The van der Waals surface area contributed by atoms with E-state index in [0.717, 1.165) is 18.7 Å². The Hall–Kier alpha value is -0.900. The summed E-state index contributed by atoms with van der Waals surface area (Å²) in [6, 6.07) is 10.4. The molecule has 0 aromatic heterocycles. The fourth-order valence-electron chi connectivity index (χ4n) is 2.75. The zero-order chi connectivity index (χ0) is 13.7. The summed E-state index contributed by atoms with van der Waals surface area (Å²) in [7, 11) is 0. The van der Waals surface area contributed by atoms with Gasteiger partial charge in [0, 0.05) is 19.1 Å². The third kappa shape index (κ3) is 3.78. The van der Waals surface area contributed by atoms with Crippen LogP contribution in [0.5, 0.6) is 0 Å². The van der Waals surface area contributed by atoms with Gasteiger partial charge in [0.25, 0.3) is 0 Å². The quantitative estimate of drug-likeness (QED) is 0.792. The van der Waals surface area contributed by atoms with Crippen molar-refractivity contribution < 1.29 is 10.2 Å². The molecule has 0 amide bonds. The van der Waals surface area contributed by atoms with Crippen LogP contribution in [0.25, 0.3) is 0 Å². The van der Waals surface area contributed by atoms with Crippen molar-refractivity contribution in [3.8, 4) is 0 Å². The van der Waals surface area contributed by atoms with E-state index in [4.69, 9.17) is 5.11 Å². The van der Waals surface area contributed by atoms with E-state index in [1.807, 2.05) is 30.3 Å². The molecule has 1 aromatic rings. The van der Waals surface area contributed by atoms with E-state index in [2.05, 4.69) is 11.8 Å². The highest BCUT2D eigenvalue weighted by molar-refractivity contribution is 5.17. The molecule has 0 heterocycles. The number of aliphatic hydroxyl groups is 2. The summed E-state index contributed by atoms with van der Waals surface area (Å²) < 4.78 is 0. The molecule has 0 saturated heterocycles. The summed E-state index contributed by atoms with van der Waals surface area (Å²) in [6.45, 7) is 3.85. The molecule has 0 bridgehead atoms. The molecule has 0 radical (unpaired) electrons. The molecule has 1 aliphatic carbocycles. The van der Waals surface area contributed by atoms with Crippen molar-refractivity contribution in [2.24, 2.45) is 5.92 Å². The molecular formula is C16H25NO2. The van der Waals surface area contributed by atoms with Gasteiger partial charge in [-0.25, -0.2) is 0 Å². The lowest BCUT2D eigenvalue weighted by atomic mass is 9.89. The first-order valence-electron chi connectivity index (χ1n) is 7.30. The molecule has 1 aromatic carbocycles. The zero-order valence-electron chi connectivity index (χ0n) is 11.7. The average molecular weight is 263 g/mol. The van der Waals surface area contributed by atoms with Gasteiger partial charge in [0.2, 0.25) is 0 Å². The molecular weight excluding hydrogens is 238 g/mol. The Morgan fingerprint density at radius 3 is 2.47 bits per heavy atom. The zero-order valence-corrected chi connectivity index (χ0v) is 11.7. The second kappa shape index (κ2) is 7.04. The lowest BCUT2D eigenvalue weighted by Crippen LogP contribution is -2.44. The first-order chi connectivity index (χ1) is 9.22. The molecule has 2 N–H and O–H groups in total. The number of aliphatic hydroxyl groups excluding tert-OH is 2. The van der Waals surface area contributed by atoms with Crippen LogP contribution in [0, 0.1) is 5.92 Å². The summed E-state index contributed by atoms with van der Waals surface area (Å²) in [5.41, 5.74) is 0.979. The van der Waals surface area contributed by atoms with E-state index in [0.29, 0.717) is 6.04 Å². The summed E-state index contributed by atoms with van der Waals surface area (Å²) in [6.07, 6.45) is 3.33. The lowest BCUT2D eigenvalue weighted by Gasteiger charge is -2.39. The van der Waals surface area contributed by atoms with Gasteiger partial charge < -0.3 is 10.2 Å². The number of rotatable bonds is 7. The predicted octanol–water partition coefficient (Wildman–Crippen LogP) is 2.20. The van der Waals surface area contributed by atoms with Crippen LogP contribution in [0.2, 0.25) is 0 Å². The van der Waals surface area contributed by atoms with Crippen LogP contribution in [0.1, 0.15) is 37.9 Å². The third-order valence-corrected chi connectivity index (χ3v) is 4.18. The Balaban J connectivity index is 1.92. The van der Waals surface area contributed by atoms with Crippen molar-refractivity contribution in [3.05, 3.63) is 35.9 Å². The van der Waals surface area contributed by atoms with E-state index in [-0.39, 0.29) is 12.5 Å². The van der Waals surface area contributed by atoms with Gasteiger partial charge in [-0.2, -0.15) is 0 Å². The molecule has 2 atom stereocenters. The molecule has 0 spiro atoms. The van der Waals surface area contributed by atoms with Crippen LogP contribution in [0.3, 0.4) is 0 Å². The number of hydrogen-bond donors (Lipinski definition) is 2. The largest absolute Gasteiger partial charge is 0.395 e. The second-order valence-electron chi connectivity index (χ2n) is 5.64. The van der Waals surface area contributed by atoms with E-state index >= 15 is 0 Å². The van der Waals surface area contributed by atoms with E-state index in [1.165, 1.54) is 19.3 Å². The first kappa shape index (κ1) is 14.5. The predicted molar refractivity (Wildman–Crippen MR) is 76.9 cm³/mol. The van der Waals surface area contributed by atoms with E-state index in [1.54, 1.807) is 0 Å². The fraction of sp³-hybridized carbons (Fsp3) is 0.625. The molecule has 19 heavy (non-hydrogen) atoms. The molecule has 106 valence electrons. The van der Waals surface area contributed by atoms with Crippen molar-refractivity contribution in [3.63, 3.8) is 0 Å². The van der Waals surface area contributed by atoms with Crippen LogP contribution in [-0.4, -0.2) is 40.9 Å². The summed E-state index contributed by atoms with van der Waals surface area (Å²) in [4.78, 5) is 2.33. The maximum absolute atomic E-state index is 10.4. The van der Waals surface area contributed by atoms with Crippen molar-refractivity contribution >= 4 is 0 Å². The molecule has 3 nitrogen and oxygen atoms in total. The van der Waals surface area contributed by atoms with Crippen LogP contribution in [0.15, 0.2) is 30.3 Å². The fourth-order valence-corrected chi connectivity index (χ4v) is 2.75. The maximum atomic E-state index is 10.4. The van der Waals surface area contributed by atoms with Crippen molar-refractivity contribution in [1.82, 2.24) is 4.90 Å². The number of nitrogens with zero attached hydrogens (tertiary/aromatic N) is 1. The van der Waals surface area contributed by atoms with Gasteiger partial charge in [-0.3, -0.25) is 4.90 Å². The van der Waals surface area contributed by atoms with Gasteiger partial charge in [-0.05, 0) is 24.3 Å². The topological polar surface area (TPSA) is 43.7 Å². The minimum atomic E-state index is -0.428. The second-order valence-corrected chi connectivity index (χ2v) is 5.64. The smallest absolute Gasteiger partial charge is 0.0827 e. The standard InChI is InChI=1S/C16H25NO2/c1-13(16(19)14-6-3-2-4-7-14)12-17(10-11-18)15-8-5-9-15/h2-4,6-7,13,15-16,18-19H,5,8-12H2,1H3. The Kier molecular flexibility index (Phi) is 5.37. The van der Waals surface area contributed by atoms with Gasteiger partial charge >= 0.3 is 0 Å². The number of hydrogen-bond acceptors (Lipinski definition) is 3. The van der Waals surface area contributed by atoms with Crippen molar-refractivity contribution in [2.45, 2.75) is 38.3 Å². The SMILES string of the molecule is CC(CN(CCO)C1CCC1)C(O)c1ccccc1. The van der Waals surface area contributed by atoms with Crippen LogP contribution < -0.4 is 0 Å². The minimum absolute atomic E-state index is 0.176. The Bertz CT molecular complexity index is 364. The van der Waals surface area contributed by atoms with Crippen LogP contribution in [0.4, 0.5) is 0 Å². The van der Waals surface area contributed by atoms with Crippen LogP contribution in [-0.2, 0) is 0 Å². The molecule has 2 unspecified atom stereocenters. The van der Waals surface area contributed by atoms with Gasteiger partial charge in [0.1, 0.15) is 0 Å². The summed E-state index contributed by atoms with van der Waals surface area (Å²) in [5.74, 6) is 0.176. The lowest BCUT2D eigenvalue weighted by molar-refractivity contribution is 0.0436. The summed E-state index contributed by atoms with van der Waals surface area (Å²) in [5, 5.41) is 19.6. The maximum Gasteiger partial charge on any atom is 0.0827 e. The van der Waals surface area contributed by atoms with Gasteiger partial charge in [-0.1, -0.05) is 43.7 Å². The summed E-state index contributed by atoms with van der Waals surface area (Å²) >= 11 is 0. The Morgan fingerprint density at radius 1 is 1.26 bits per heavy atom. The molecule has 0 aliphatic heterocycles.